The molecule has 6 nitrogen and oxygen atoms in total. The minimum atomic E-state index is 0. The van der Waals surface area contributed by atoms with Gasteiger partial charge >= 0.3 is 0 Å². The van der Waals surface area contributed by atoms with Crippen LogP contribution in [0.2, 0.25) is 0 Å². The minimum absolute atomic E-state index is 0. The van der Waals surface area contributed by atoms with Gasteiger partial charge in [0.15, 0.2) is 5.96 Å². The van der Waals surface area contributed by atoms with Gasteiger partial charge in [-0.25, -0.2) is 4.99 Å². The van der Waals surface area contributed by atoms with Crippen molar-refractivity contribution in [2.24, 2.45) is 10.9 Å². The molecule has 0 radical (unpaired) electrons. The molecule has 1 aromatic carbocycles. The third-order valence-corrected chi connectivity index (χ3v) is 5.86. The summed E-state index contributed by atoms with van der Waals surface area (Å²) < 4.78 is 5.41. The predicted octanol–water partition coefficient (Wildman–Crippen LogP) is 2.92. The number of rotatable bonds is 8. The second-order valence-electron chi connectivity index (χ2n) is 8.35. The summed E-state index contributed by atoms with van der Waals surface area (Å²) in [5, 5.41) is 6.83. The molecular weight excluding hydrogens is 489 g/mol. The van der Waals surface area contributed by atoms with Gasteiger partial charge < -0.3 is 15.4 Å². The average Bonchev–Trinajstić information content (AvgIpc) is 2.75. The molecule has 2 N–H and O–H groups in total. The zero-order chi connectivity index (χ0) is 20.3. The Bertz CT molecular complexity index is 628. The smallest absolute Gasteiger partial charge is 0.191 e. The number of likely N-dealkylation sites (tertiary alicyclic amines) is 1. The van der Waals surface area contributed by atoms with E-state index in [1.807, 2.05) is 0 Å². The van der Waals surface area contributed by atoms with Gasteiger partial charge in [-0.2, -0.15) is 0 Å². The summed E-state index contributed by atoms with van der Waals surface area (Å²) in [6.45, 7) is 15.2. The van der Waals surface area contributed by atoms with Crippen LogP contribution in [0.3, 0.4) is 0 Å². The van der Waals surface area contributed by atoms with E-state index in [2.05, 4.69) is 58.5 Å². The van der Waals surface area contributed by atoms with E-state index in [1.54, 1.807) is 0 Å². The molecule has 0 amide bonds. The van der Waals surface area contributed by atoms with Crippen LogP contribution in [0.5, 0.6) is 0 Å². The molecule has 0 spiro atoms. The predicted molar refractivity (Wildman–Crippen MR) is 136 cm³/mol. The zero-order valence-corrected chi connectivity index (χ0v) is 21.1. The van der Waals surface area contributed by atoms with Crippen LogP contribution in [0.15, 0.2) is 29.3 Å². The van der Waals surface area contributed by atoms with E-state index in [4.69, 9.17) is 9.73 Å². The number of hydrogen-bond donors (Lipinski definition) is 2. The van der Waals surface area contributed by atoms with Crippen molar-refractivity contribution in [2.45, 2.75) is 39.8 Å². The Morgan fingerprint density at radius 1 is 1.07 bits per heavy atom. The standard InChI is InChI=1S/C23H39N5O.HI/c1-3-24-23(25-9-12-27-13-15-29-16-14-27)26-18-21-5-4-6-22(17-21)19-28-10-7-20(2)8-11-28;/h4-6,17,20H,3,7-16,18-19H2,1-2H3,(H2,24,25,26);1H. The summed E-state index contributed by atoms with van der Waals surface area (Å²) in [7, 11) is 0. The summed E-state index contributed by atoms with van der Waals surface area (Å²) in [4.78, 5) is 9.82. The van der Waals surface area contributed by atoms with Gasteiger partial charge in [-0.15, -0.1) is 24.0 Å². The zero-order valence-electron chi connectivity index (χ0n) is 18.7. The molecule has 1 aromatic rings. The first-order valence-electron chi connectivity index (χ1n) is 11.4. The van der Waals surface area contributed by atoms with Crippen molar-refractivity contribution in [1.29, 1.82) is 0 Å². The molecular formula is C23H40IN5O. The minimum Gasteiger partial charge on any atom is -0.379 e. The molecule has 0 unspecified atom stereocenters. The Hall–Kier alpha value is -0.900. The lowest BCUT2D eigenvalue weighted by Gasteiger charge is -2.30. The lowest BCUT2D eigenvalue weighted by Crippen LogP contribution is -2.44. The van der Waals surface area contributed by atoms with E-state index in [1.165, 1.54) is 37.1 Å². The first-order valence-corrected chi connectivity index (χ1v) is 11.4. The number of nitrogens with one attached hydrogen (secondary N) is 2. The SMILES string of the molecule is CCNC(=NCc1cccc(CN2CCC(C)CC2)c1)NCCN1CCOCC1.I. The van der Waals surface area contributed by atoms with Gasteiger partial charge in [0.2, 0.25) is 0 Å². The van der Waals surface area contributed by atoms with Crippen LogP contribution >= 0.6 is 24.0 Å². The van der Waals surface area contributed by atoms with E-state index < -0.39 is 0 Å². The largest absolute Gasteiger partial charge is 0.379 e. The molecule has 0 bridgehead atoms. The average molecular weight is 530 g/mol. The van der Waals surface area contributed by atoms with Gasteiger partial charge in [0.05, 0.1) is 19.8 Å². The Morgan fingerprint density at radius 2 is 1.80 bits per heavy atom. The molecule has 2 aliphatic rings. The second kappa shape index (κ2) is 14.2. The van der Waals surface area contributed by atoms with Crippen LogP contribution in [-0.4, -0.2) is 74.8 Å². The molecule has 0 aromatic heterocycles. The Labute approximate surface area is 199 Å². The Morgan fingerprint density at radius 3 is 2.53 bits per heavy atom. The van der Waals surface area contributed by atoms with E-state index >= 15 is 0 Å². The summed E-state index contributed by atoms with van der Waals surface area (Å²) in [5.41, 5.74) is 2.68. The molecule has 170 valence electrons. The quantitative estimate of drug-likeness (QED) is 0.308. The summed E-state index contributed by atoms with van der Waals surface area (Å²) in [6, 6.07) is 8.92. The number of morpholine rings is 1. The number of ether oxygens (including phenoxy) is 1. The fourth-order valence-electron chi connectivity index (χ4n) is 3.97. The highest BCUT2D eigenvalue weighted by Crippen LogP contribution is 2.18. The molecule has 2 heterocycles. The topological polar surface area (TPSA) is 52.1 Å². The van der Waals surface area contributed by atoms with Crippen molar-refractivity contribution in [1.82, 2.24) is 20.4 Å². The van der Waals surface area contributed by atoms with Gasteiger partial charge in [0.1, 0.15) is 0 Å². The Balaban J connectivity index is 0.00000320. The number of hydrogen-bond acceptors (Lipinski definition) is 4. The van der Waals surface area contributed by atoms with E-state index in [0.717, 1.165) is 64.4 Å². The van der Waals surface area contributed by atoms with Crippen molar-refractivity contribution in [3.8, 4) is 0 Å². The number of nitrogens with zero attached hydrogens (tertiary/aromatic N) is 3. The number of guanidine groups is 1. The second-order valence-corrected chi connectivity index (χ2v) is 8.35. The molecule has 30 heavy (non-hydrogen) atoms. The maximum atomic E-state index is 5.41. The third kappa shape index (κ3) is 9.08. The summed E-state index contributed by atoms with van der Waals surface area (Å²) >= 11 is 0. The lowest BCUT2D eigenvalue weighted by atomic mass is 9.98. The highest BCUT2D eigenvalue weighted by Gasteiger charge is 2.15. The molecule has 0 saturated carbocycles. The fourth-order valence-corrected chi connectivity index (χ4v) is 3.97. The van der Waals surface area contributed by atoms with Gasteiger partial charge in [0.25, 0.3) is 0 Å². The van der Waals surface area contributed by atoms with E-state index in [-0.39, 0.29) is 24.0 Å². The highest BCUT2D eigenvalue weighted by atomic mass is 127. The van der Waals surface area contributed by atoms with Gasteiger partial charge in [0, 0.05) is 39.3 Å². The maximum Gasteiger partial charge on any atom is 0.191 e. The maximum absolute atomic E-state index is 5.41. The first-order chi connectivity index (χ1) is 14.2. The number of benzene rings is 1. The molecule has 0 aliphatic carbocycles. The van der Waals surface area contributed by atoms with Crippen molar-refractivity contribution < 1.29 is 4.74 Å². The van der Waals surface area contributed by atoms with E-state index in [0.29, 0.717) is 6.54 Å². The molecule has 3 rings (SSSR count). The molecule has 2 aliphatic heterocycles. The van der Waals surface area contributed by atoms with E-state index in [9.17, 15) is 0 Å². The molecule has 2 saturated heterocycles. The van der Waals surface area contributed by atoms with Crippen molar-refractivity contribution in [3.05, 3.63) is 35.4 Å². The van der Waals surface area contributed by atoms with Crippen LogP contribution in [0.1, 0.15) is 37.8 Å². The fraction of sp³-hybridized carbons (Fsp3) is 0.696. The molecule has 0 atom stereocenters. The summed E-state index contributed by atoms with van der Waals surface area (Å²) in [6.07, 6.45) is 2.65. The van der Waals surface area contributed by atoms with Crippen molar-refractivity contribution >= 4 is 29.9 Å². The molecule has 2 fully saturated rings. The van der Waals surface area contributed by atoms with Crippen LogP contribution in [-0.2, 0) is 17.8 Å². The van der Waals surface area contributed by atoms with Crippen molar-refractivity contribution in [3.63, 3.8) is 0 Å². The number of piperidine rings is 1. The van der Waals surface area contributed by atoms with Crippen molar-refractivity contribution in [2.75, 3.05) is 59.0 Å². The van der Waals surface area contributed by atoms with Gasteiger partial charge in [-0.1, -0.05) is 31.2 Å². The molecule has 7 heteroatoms. The third-order valence-electron chi connectivity index (χ3n) is 5.86. The Kier molecular flexibility index (Phi) is 12.0. The summed E-state index contributed by atoms with van der Waals surface area (Å²) in [5.74, 6) is 1.78. The van der Waals surface area contributed by atoms with Gasteiger partial charge in [-0.3, -0.25) is 9.80 Å². The van der Waals surface area contributed by atoms with Crippen LogP contribution in [0.4, 0.5) is 0 Å². The highest BCUT2D eigenvalue weighted by molar-refractivity contribution is 14.0. The number of aliphatic imine (C=N–C) groups is 1. The first kappa shape index (κ1) is 25.4. The normalized spacial score (nSPS) is 19.3. The van der Waals surface area contributed by atoms with Crippen LogP contribution in [0, 0.1) is 5.92 Å². The monoisotopic (exact) mass is 529 g/mol. The lowest BCUT2D eigenvalue weighted by molar-refractivity contribution is 0.0389. The van der Waals surface area contributed by atoms with Crippen LogP contribution in [0.25, 0.3) is 0 Å². The van der Waals surface area contributed by atoms with Gasteiger partial charge in [-0.05, 0) is 49.9 Å². The number of halogens is 1. The van der Waals surface area contributed by atoms with Crippen LogP contribution < -0.4 is 10.6 Å².